The lowest BCUT2D eigenvalue weighted by Gasteiger charge is -2.25. The van der Waals surface area contributed by atoms with E-state index in [4.69, 9.17) is 4.74 Å². The molecule has 0 aromatic heterocycles. The summed E-state index contributed by atoms with van der Waals surface area (Å²) in [5, 5.41) is -4.73. The average molecular weight is 343 g/mol. The zero-order valence-electron chi connectivity index (χ0n) is 11.4. The fourth-order valence-corrected chi connectivity index (χ4v) is 2.94. The maximum absolute atomic E-state index is 13.0. The standard InChI is InChI=1S/C11H14F2O8S/c1-19-9(14)7-5-2-3-6(21-5)8(7)10(15)20-4-11(12,13)22(16,17)18/h5-8H,2-4H2,1H3,(H,16,17,18)/p-1. The SMILES string of the molecule is COC(=O)C1C2CCC(O2)C1C(=O)OCC(F)(F)S(=O)(=O)[O-]. The first-order valence-corrected chi connectivity index (χ1v) is 7.72. The van der Waals surface area contributed by atoms with Crippen LogP contribution in [-0.4, -0.2) is 56.1 Å². The van der Waals surface area contributed by atoms with Gasteiger partial charge in [0.15, 0.2) is 16.7 Å². The van der Waals surface area contributed by atoms with Gasteiger partial charge in [-0.1, -0.05) is 0 Å². The van der Waals surface area contributed by atoms with Gasteiger partial charge in [0.25, 0.3) is 0 Å². The monoisotopic (exact) mass is 343 g/mol. The zero-order valence-corrected chi connectivity index (χ0v) is 12.2. The van der Waals surface area contributed by atoms with Crippen LogP contribution in [0.4, 0.5) is 8.78 Å². The number of alkyl halides is 2. The van der Waals surface area contributed by atoms with Crippen molar-refractivity contribution in [3.05, 3.63) is 0 Å². The molecule has 2 saturated heterocycles. The predicted octanol–water partition coefficient (Wildman–Crippen LogP) is -0.366. The number of hydrogen-bond donors (Lipinski definition) is 0. The summed E-state index contributed by atoms with van der Waals surface area (Å²) in [5.74, 6) is -4.10. The molecular weight excluding hydrogens is 330 g/mol. The highest BCUT2D eigenvalue weighted by Crippen LogP contribution is 2.44. The highest BCUT2D eigenvalue weighted by Gasteiger charge is 2.57. The van der Waals surface area contributed by atoms with Gasteiger partial charge in [-0.15, -0.1) is 0 Å². The van der Waals surface area contributed by atoms with Gasteiger partial charge < -0.3 is 18.8 Å². The van der Waals surface area contributed by atoms with Crippen molar-refractivity contribution in [1.82, 2.24) is 0 Å². The Morgan fingerprint density at radius 1 is 1.23 bits per heavy atom. The zero-order chi connectivity index (χ0) is 16.7. The number of fused-ring (bicyclic) bond motifs is 2. The van der Waals surface area contributed by atoms with Crippen molar-refractivity contribution < 1.29 is 45.6 Å². The van der Waals surface area contributed by atoms with Crippen LogP contribution in [0.2, 0.25) is 0 Å². The first-order valence-electron chi connectivity index (χ1n) is 6.31. The van der Waals surface area contributed by atoms with Gasteiger partial charge in [-0.2, -0.15) is 8.78 Å². The molecule has 22 heavy (non-hydrogen) atoms. The molecule has 4 unspecified atom stereocenters. The van der Waals surface area contributed by atoms with Gasteiger partial charge in [0.05, 0.1) is 31.2 Å². The summed E-state index contributed by atoms with van der Waals surface area (Å²) in [6, 6.07) is 0. The first kappa shape index (κ1) is 17.0. The number of carbonyl (C=O) groups excluding carboxylic acids is 2. The lowest BCUT2D eigenvalue weighted by Crippen LogP contribution is -2.42. The quantitative estimate of drug-likeness (QED) is 0.490. The van der Waals surface area contributed by atoms with Crippen LogP contribution >= 0.6 is 0 Å². The summed E-state index contributed by atoms with van der Waals surface area (Å²) in [7, 11) is -4.84. The minimum atomic E-state index is -5.95. The van der Waals surface area contributed by atoms with Gasteiger partial charge in [0.1, 0.15) is 0 Å². The van der Waals surface area contributed by atoms with Crippen molar-refractivity contribution >= 4 is 22.1 Å². The summed E-state index contributed by atoms with van der Waals surface area (Å²) in [6.07, 6.45) is -0.300. The average Bonchev–Trinajstić information content (AvgIpc) is 3.03. The molecule has 0 spiro atoms. The van der Waals surface area contributed by atoms with E-state index < -0.39 is 58.0 Å². The van der Waals surface area contributed by atoms with E-state index in [-0.39, 0.29) is 0 Å². The van der Waals surface area contributed by atoms with Gasteiger partial charge in [-0.25, -0.2) is 8.42 Å². The van der Waals surface area contributed by atoms with E-state index in [1.807, 2.05) is 0 Å². The van der Waals surface area contributed by atoms with Crippen molar-refractivity contribution in [3.8, 4) is 0 Å². The second-order valence-corrected chi connectivity index (χ2v) is 6.57. The van der Waals surface area contributed by atoms with Crippen molar-refractivity contribution in [2.45, 2.75) is 30.3 Å². The maximum atomic E-state index is 13.0. The van der Waals surface area contributed by atoms with Gasteiger partial charge in [-0.3, -0.25) is 9.59 Å². The van der Waals surface area contributed by atoms with Crippen molar-refractivity contribution in [3.63, 3.8) is 0 Å². The molecule has 11 heteroatoms. The van der Waals surface area contributed by atoms with E-state index in [1.165, 1.54) is 0 Å². The molecule has 2 rings (SSSR count). The Morgan fingerprint density at radius 2 is 1.73 bits per heavy atom. The Morgan fingerprint density at radius 3 is 2.18 bits per heavy atom. The molecule has 0 saturated carbocycles. The van der Waals surface area contributed by atoms with Crippen LogP contribution in [0.25, 0.3) is 0 Å². The van der Waals surface area contributed by atoms with Crippen LogP contribution in [0.15, 0.2) is 0 Å². The molecule has 0 N–H and O–H groups in total. The molecule has 0 radical (unpaired) electrons. The van der Waals surface area contributed by atoms with E-state index >= 15 is 0 Å². The smallest absolute Gasteiger partial charge is 0.367 e. The molecule has 2 aliphatic rings. The minimum Gasteiger partial charge on any atom is -0.743 e. The number of esters is 2. The normalized spacial score (nSPS) is 31.1. The molecule has 2 fully saturated rings. The topological polar surface area (TPSA) is 119 Å². The molecule has 8 nitrogen and oxygen atoms in total. The van der Waals surface area contributed by atoms with Gasteiger partial charge in [0, 0.05) is 0 Å². The molecule has 0 amide bonds. The molecule has 2 aliphatic heterocycles. The number of ether oxygens (including phenoxy) is 3. The Kier molecular flexibility index (Phi) is 4.42. The third-order valence-electron chi connectivity index (χ3n) is 3.77. The summed E-state index contributed by atoms with van der Waals surface area (Å²) in [5.41, 5.74) is 0. The molecule has 126 valence electrons. The molecule has 0 aromatic rings. The fraction of sp³-hybridized carbons (Fsp3) is 0.818. The summed E-state index contributed by atoms with van der Waals surface area (Å²) >= 11 is 0. The van der Waals surface area contributed by atoms with Crippen LogP contribution in [-0.2, 0) is 33.9 Å². The second kappa shape index (κ2) is 5.70. The summed E-state index contributed by atoms with van der Waals surface area (Å²) in [4.78, 5) is 23.6. The minimum absolute atomic E-state index is 0.439. The highest BCUT2D eigenvalue weighted by atomic mass is 32.2. The third kappa shape index (κ3) is 2.92. The molecule has 0 aromatic carbocycles. The number of rotatable bonds is 5. The number of carbonyl (C=O) groups is 2. The van der Waals surface area contributed by atoms with Crippen LogP contribution < -0.4 is 0 Å². The van der Waals surface area contributed by atoms with E-state index in [9.17, 15) is 31.3 Å². The molecular formula is C11H13F2O8S-. The van der Waals surface area contributed by atoms with Gasteiger partial charge >= 0.3 is 17.2 Å². The lowest BCUT2D eigenvalue weighted by atomic mass is 9.79. The van der Waals surface area contributed by atoms with Crippen molar-refractivity contribution in [1.29, 1.82) is 0 Å². The molecule has 2 heterocycles. The lowest BCUT2D eigenvalue weighted by molar-refractivity contribution is -0.163. The van der Waals surface area contributed by atoms with Crippen LogP contribution in [0.3, 0.4) is 0 Å². The Labute approximate surface area is 124 Å². The summed E-state index contributed by atoms with van der Waals surface area (Å²) < 4.78 is 71.1. The Bertz CT molecular complexity index is 575. The maximum Gasteiger partial charge on any atom is 0.367 e. The van der Waals surface area contributed by atoms with Crippen LogP contribution in [0.5, 0.6) is 0 Å². The fourth-order valence-electron chi connectivity index (χ4n) is 2.74. The van der Waals surface area contributed by atoms with Crippen LogP contribution in [0.1, 0.15) is 12.8 Å². The largest absolute Gasteiger partial charge is 0.743 e. The predicted molar refractivity (Wildman–Crippen MR) is 62.5 cm³/mol. The van der Waals surface area contributed by atoms with Crippen molar-refractivity contribution in [2.75, 3.05) is 13.7 Å². The van der Waals surface area contributed by atoms with E-state index in [0.29, 0.717) is 12.8 Å². The number of hydrogen-bond acceptors (Lipinski definition) is 8. The molecule has 0 aliphatic carbocycles. The van der Waals surface area contributed by atoms with E-state index in [1.54, 1.807) is 0 Å². The van der Waals surface area contributed by atoms with E-state index in [2.05, 4.69) is 9.47 Å². The number of methoxy groups -OCH3 is 1. The third-order valence-corrected chi connectivity index (χ3v) is 4.62. The Balaban J connectivity index is 2.07. The Hall–Kier alpha value is -1.33. The molecule has 4 atom stereocenters. The number of halogens is 2. The second-order valence-electron chi connectivity index (χ2n) is 5.06. The molecule has 2 bridgehead atoms. The van der Waals surface area contributed by atoms with Gasteiger partial charge in [0.2, 0.25) is 0 Å². The first-order chi connectivity index (χ1) is 10.1. The highest BCUT2D eigenvalue weighted by molar-refractivity contribution is 7.86. The van der Waals surface area contributed by atoms with Crippen molar-refractivity contribution in [2.24, 2.45) is 11.8 Å². The van der Waals surface area contributed by atoms with E-state index in [0.717, 1.165) is 7.11 Å². The summed E-state index contributed by atoms with van der Waals surface area (Å²) in [6.45, 7) is -1.90. The van der Waals surface area contributed by atoms with Crippen LogP contribution in [0, 0.1) is 11.8 Å². The van der Waals surface area contributed by atoms with Gasteiger partial charge in [-0.05, 0) is 12.8 Å².